The van der Waals surface area contributed by atoms with Crippen molar-refractivity contribution in [2.75, 3.05) is 26.2 Å². The Balaban J connectivity index is 0.00000245. The fraction of sp³-hybridized carbons (Fsp3) is 0.542. The lowest BCUT2D eigenvalue weighted by atomic mass is 9.85. The van der Waals surface area contributed by atoms with Gasteiger partial charge in [0.2, 0.25) is 11.8 Å². The van der Waals surface area contributed by atoms with Crippen LogP contribution in [0.1, 0.15) is 31.7 Å². The van der Waals surface area contributed by atoms with Gasteiger partial charge >= 0.3 is 0 Å². The average molecular weight is 552 g/mol. The van der Waals surface area contributed by atoms with Crippen molar-refractivity contribution in [2.45, 2.75) is 31.6 Å². The molecule has 1 aromatic carbocycles. The van der Waals surface area contributed by atoms with Crippen molar-refractivity contribution < 1.29 is 14.0 Å². The maximum absolute atomic E-state index is 13.3. The summed E-state index contributed by atoms with van der Waals surface area (Å²) in [6.07, 6.45) is 7.26. The third-order valence-corrected chi connectivity index (χ3v) is 7.38. The molecular weight excluding hydrogens is 522 g/mol. The van der Waals surface area contributed by atoms with E-state index in [0.717, 1.165) is 31.4 Å². The van der Waals surface area contributed by atoms with E-state index in [1.807, 2.05) is 19.1 Å². The van der Waals surface area contributed by atoms with Gasteiger partial charge in [-0.1, -0.05) is 24.3 Å². The van der Waals surface area contributed by atoms with Gasteiger partial charge in [0.05, 0.1) is 18.4 Å². The van der Waals surface area contributed by atoms with Crippen LogP contribution >= 0.6 is 24.0 Å². The SMILES string of the molecule is CCNC(=NCC1(c2ccc(F)cc2)CC1)NCCN1C(=O)C2C3C=CC(C3)C2C1=O.I. The van der Waals surface area contributed by atoms with Crippen molar-refractivity contribution in [3.63, 3.8) is 0 Å². The lowest BCUT2D eigenvalue weighted by molar-refractivity contribution is -0.140. The predicted molar refractivity (Wildman–Crippen MR) is 131 cm³/mol. The number of hydrogen-bond donors (Lipinski definition) is 2. The second-order valence-electron chi connectivity index (χ2n) is 9.24. The monoisotopic (exact) mass is 552 g/mol. The van der Waals surface area contributed by atoms with Gasteiger partial charge < -0.3 is 10.6 Å². The summed E-state index contributed by atoms with van der Waals surface area (Å²) in [5.41, 5.74) is 1.11. The molecule has 2 saturated carbocycles. The van der Waals surface area contributed by atoms with E-state index in [0.29, 0.717) is 25.6 Å². The van der Waals surface area contributed by atoms with Crippen molar-refractivity contribution in [1.29, 1.82) is 0 Å². The minimum Gasteiger partial charge on any atom is -0.357 e. The van der Waals surface area contributed by atoms with Gasteiger partial charge in [0.1, 0.15) is 5.82 Å². The van der Waals surface area contributed by atoms with Gasteiger partial charge in [0, 0.05) is 25.0 Å². The summed E-state index contributed by atoms with van der Waals surface area (Å²) >= 11 is 0. The van der Waals surface area contributed by atoms with Crippen molar-refractivity contribution in [1.82, 2.24) is 15.5 Å². The normalized spacial score (nSPS) is 29.2. The van der Waals surface area contributed by atoms with E-state index in [1.165, 1.54) is 17.0 Å². The number of benzene rings is 1. The zero-order chi connectivity index (χ0) is 21.6. The van der Waals surface area contributed by atoms with Gasteiger partial charge in [-0.15, -0.1) is 24.0 Å². The third kappa shape index (κ3) is 4.06. The van der Waals surface area contributed by atoms with Crippen molar-refractivity contribution >= 4 is 41.8 Å². The standard InChI is InChI=1S/C24H29FN4O2.HI/c1-2-26-23(28-14-24(9-10-24)17-5-7-18(25)8-6-17)27-11-12-29-21(30)19-15-3-4-16(13-15)20(19)22(29)31;/h3-8,15-16,19-20H,2,9-14H2,1H3,(H2,26,27,28);1H. The Morgan fingerprint density at radius 2 is 1.72 bits per heavy atom. The number of imide groups is 1. The highest BCUT2D eigenvalue weighted by Crippen LogP contribution is 2.52. The molecule has 2 N–H and O–H groups in total. The Morgan fingerprint density at radius 1 is 1.09 bits per heavy atom. The summed E-state index contributed by atoms with van der Waals surface area (Å²) < 4.78 is 13.3. The molecule has 0 spiro atoms. The first kappa shape index (κ1) is 23.2. The number of guanidine groups is 1. The highest BCUT2D eigenvalue weighted by atomic mass is 127. The van der Waals surface area contributed by atoms with Crippen LogP contribution in [0.4, 0.5) is 4.39 Å². The van der Waals surface area contributed by atoms with Crippen LogP contribution in [0.3, 0.4) is 0 Å². The first-order chi connectivity index (χ1) is 15.0. The van der Waals surface area contributed by atoms with Crippen LogP contribution in [0.2, 0.25) is 0 Å². The minimum atomic E-state index is -0.225. The molecule has 0 radical (unpaired) electrons. The summed E-state index contributed by atoms with van der Waals surface area (Å²) in [6, 6.07) is 6.71. The maximum atomic E-state index is 13.3. The van der Waals surface area contributed by atoms with E-state index in [1.54, 1.807) is 0 Å². The molecule has 5 rings (SSSR count). The van der Waals surface area contributed by atoms with Crippen LogP contribution in [0.15, 0.2) is 41.4 Å². The minimum absolute atomic E-state index is 0. The fourth-order valence-corrected chi connectivity index (χ4v) is 5.54. The van der Waals surface area contributed by atoms with Crippen LogP contribution in [-0.4, -0.2) is 48.9 Å². The summed E-state index contributed by atoms with van der Waals surface area (Å²) in [7, 11) is 0. The third-order valence-electron chi connectivity index (χ3n) is 7.38. The first-order valence-corrected chi connectivity index (χ1v) is 11.3. The van der Waals surface area contributed by atoms with E-state index >= 15 is 0 Å². The van der Waals surface area contributed by atoms with Crippen LogP contribution < -0.4 is 10.6 Å². The lowest BCUT2D eigenvalue weighted by Crippen LogP contribution is -2.44. The molecule has 3 fully saturated rings. The molecule has 0 aromatic heterocycles. The summed E-state index contributed by atoms with van der Waals surface area (Å²) in [6.45, 7) is 4.17. The molecule has 1 aromatic rings. The summed E-state index contributed by atoms with van der Waals surface area (Å²) in [4.78, 5) is 31.8. The molecule has 2 bridgehead atoms. The van der Waals surface area contributed by atoms with E-state index in [4.69, 9.17) is 4.99 Å². The van der Waals surface area contributed by atoms with Crippen LogP contribution in [0.5, 0.6) is 0 Å². The number of fused-ring (bicyclic) bond motifs is 5. The number of halogens is 2. The Hall–Kier alpha value is -1.97. The van der Waals surface area contributed by atoms with Gasteiger partial charge in [-0.25, -0.2) is 4.39 Å². The number of carbonyl (C=O) groups is 2. The predicted octanol–water partition coefficient (Wildman–Crippen LogP) is 2.84. The fourth-order valence-electron chi connectivity index (χ4n) is 5.54. The zero-order valence-corrected chi connectivity index (χ0v) is 20.6. The number of nitrogens with one attached hydrogen (secondary N) is 2. The molecule has 1 saturated heterocycles. The van der Waals surface area contributed by atoms with E-state index < -0.39 is 0 Å². The summed E-state index contributed by atoms with van der Waals surface area (Å²) in [5.74, 6) is 0.625. The number of carbonyl (C=O) groups excluding carboxylic acids is 2. The zero-order valence-electron chi connectivity index (χ0n) is 18.2. The van der Waals surface area contributed by atoms with Gasteiger partial charge in [0.25, 0.3) is 0 Å². The van der Waals surface area contributed by atoms with E-state index in [2.05, 4.69) is 22.8 Å². The number of nitrogens with zero attached hydrogens (tertiary/aromatic N) is 2. The smallest absolute Gasteiger partial charge is 0.233 e. The molecule has 6 nitrogen and oxygen atoms in total. The Labute approximate surface area is 205 Å². The van der Waals surface area contributed by atoms with Crippen molar-refractivity contribution in [2.24, 2.45) is 28.7 Å². The molecule has 2 amide bonds. The number of amides is 2. The second kappa shape index (κ2) is 9.11. The van der Waals surface area contributed by atoms with Crippen LogP contribution in [0.25, 0.3) is 0 Å². The number of likely N-dealkylation sites (tertiary alicyclic amines) is 1. The quantitative estimate of drug-likeness (QED) is 0.180. The molecule has 4 aliphatic rings. The number of hydrogen-bond acceptors (Lipinski definition) is 3. The number of allylic oxidation sites excluding steroid dienone is 2. The largest absolute Gasteiger partial charge is 0.357 e. The number of aliphatic imine (C=N–C) groups is 1. The molecule has 32 heavy (non-hydrogen) atoms. The molecule has 4 atom stereocenters. The van der Waals surface area contributed by atoms with E-state index in [-0.39, 0.29) is 70.7 Å². The Kier molecular flexibility index (Phi) is 6.61. The highest BCUT2D eigenvalue weighted by Gasteiger charge is 2.58. The van der Waals surface area contributed by atoms with Gasteiger partial charge in [0.15, 0.2) is 5.96 Å². The van der Waals surface area contributed by atoms with Gasteiger partial charge in [-0.05, 0) is 55.7 Å². The molecule has 1 heterocycles. The van der Waals surface area contributed by atoms with Crippen molar-refractivity contribution in [3.8, 4) is 0 Å². The van der Waals surface area contributed by atoms with E-state index in [9.17, 15) is 14.0 Å². The van der Waals surface area contributed by atoms with Crippen LogP contribution in [-0.2, 0) is 15.0 Å². The Bertz CT molecular complexity index is 914. The number of rotatable bonds is 7. The van der Waals surface area contributed by atoms with Crippen molar-refractivity contribution in [3.05, 3.63) is 47.8 Å². The second-order valence-corrected chi connectivity index (χ2v) is 9.24. The van der Waals surface area contributed by atoms with Gasteiger partial charge in [-0.2, -0.15) is 0 Å². The first-order valence-electron chi connectivity index (χ1n) is 11.3. The van der Waals surface area contributed by atoms with Crippen LogP contribution in [0, 0.1) is 29.5 Å². The Morgan fingerprint density at radius 3 is 2.28 bits per heavy atom. The highest BCUT2D eigenvalue weighted by molar-refractivity contribution is 14.0. The average Bonchev–Trinajstić information content (AvgIpc) is 3.15. The maximum Gasteiger partial charge on any atom is 0.233 e. The lowest BCUT2D eigenvalue weighted by Gasteiger charge is -2.19. The molecular formula is C24H30FIN4O2. The molecule has 3 aliphatic carbocycles. The summed E-state index contributed by atoms with van der Waals surface area (Å²) in [5, 5.41) is 6.51. The molecule has 4 unspecified atom stereocenters. The topological polar surface area (TPSA) is 73.8 Å². The molecule has 1 aliphatic heterocycles. The van der Waals surface area contributed by atoms with Gasteiger partial charge in [-0.3, -0.25) is 19.5 Å². The molecule has 8 heteroatoms. The molecule has 172 valence electrons.